The van der Waals surface area contributed by atoms with Gasteiger partial charge in [0.2, 0.25) is 0 Å². The number of rotatable bonds is 4. The van der Waals surface area contributed by atoms with Gasteiger partial charge < -0.3 is 10.0 Å². The highest BCUT2D eigenvalue weighted by Gasteiger charge is 2.35. The number of likely N-dealkylation sites (N-methyl/N-ethyl adjacent to an activating group) is 1. The summed E-state index contributed by atoms with van der Waals surface area (Å²) >= 11 is 0. The maximum atomic E-state index is 11.7. The molecule has 0 aromatic rings. The average molecular weight is 240 g/mol. The fourth-order valence-electron chi connectivity index (χ4n) is 3.16. The molecule has 4 nitrogen and oxygen atoms in total. The predicted octanol–water partition coefficient (Wildman–Crippen LogP) is 0.352. The lowest BCUT2D eigenvalue weighted by molar-refractivity contribution is -0.121. The molecule has 2 rings (SSSR count). The Morgan fingerprint density at radius 3 is 2.82 bits per heavy atom. The number of hydrogen-bond acceptors (Lipinski definition) is 4. The molecule has 0 aromatic carbocycles. The summed E-state index contributed by atoms with van der Waals surface area (Å²) in [5.41, 5.74) is 0. The van der Waals surface area contributed by atoms with Gasteiger partial charge in [0, 0.05) is 38.0 Å². The van der Waals surface area contributed by atoms with E-state index in [1.807, 2.05) is 0 Å². The Morgan fingerprint density at radius 1 is 1.47 bits per heavy atom. The maximum absolute atomic E-state index is 11.7. The molecule has 98 valence electrons. The first-order valence-corrected chi connectivity index (χ1v) is 6.66. The van der Waals surface area contributed by atoms with Gasteiger partial charge in [0.15, 0.2) is 0 Å². The number of Topliss-reactive ketones (excluding diaryl/α,β-unsaturated/α-hetero) is 1. The van der Waals surface area contributed by atoms with Crippen LogP contribution < -0.4 is 0 Å². The van der Waals surface area contributed by atoms with Crippen LogP contribution in [0, 0.1) is 5.92 Å². The van der Waals surface area contributed by atoms with E-state index < -0.39 is 0 Å². The van der Waals surface area contributed by atoms with E-state index in [-0.39, 0.29) is 12.0 Å². The molecule has 1 N–H and O–H groups in total. The minimum absolute atomic E-state index is 0.212. The van der Waals surface area contributed by atoms with Crippen LogP contribution in [0.15, 0.2) is 0 Å². The fourth-order valence-corrected chi connectivity index (χ4v) is 3.16. The molecule has 1 aliphatic carbocycles. The second-order valence-corrected chi connectivity index (χ2v) is 5.81. The van der Waals surface area contributed by atoms with Crippen LogP contribution in [0.4, 0.5) is 0 Å². The molecule has 1 saturated heterocycles. The van der Waals surface area contributed by atoms with Crippen LogP contribution in [0.5, 0.6) is 0 Å². The zero-order chi connectivity index (χ0) is 12.4. The number of ketones is 1. The second-order valence-electron chi connectivity index (χ2n) is 5.81. The first kappa shape index (κ1) is 13.0. The van der Waals surface area contributed by atoms with Gasteiger partial charge in [0.25, 0.3) is 0 Å². The summed E-state index contributed by atoms with van der Waals surface area (Å²) < 4.78 is 0. The number of hydrogen-bond donors (Lipinski definition) is 1. The van der Waals surface area contributed by atoms with E-state index in [0.29, 0.717) is 11.8 Å². The minimum Gasteiger partial charge on any atom is -0.392 e. The molecule has 0 bridgehead atoms. The molecule has 2 aliphatic rings. The molecule has 3 atom stereocenters. The second kappa shape index (κ2) is 5.46. The zero-order valence-electron chi connectivity index (χ0n) is 10.9. The minimum atomic E-state index is -0.212. The molecular weight excluding hydrogens is 216 g/mol. The van der Waals surface area contributed by atoms with E-state index in [2.05, 4.69) is 23.9 Å². The Balaban J connectivity index is 1.91. The van der Waals surface area contributed by atoms with Crippen LogP contribution in [0.1, 0.15) is 25.7 Å². The standard InChI is InChI=1S/C13H24N2O2/c1-14(2)8-11-6-12(16)9-15(11)7-10-4-3-5-13(10)17/h10-12,16H,3-9H2,1-2H3. The SMILES string of the molecule is CN(C)CC1CC(O)CN1CC1CCCC1=O. The first-order chi connectivity index (χ1) is 8.06. The number of likely N-dealkylation sites (tertiary alicyclic amines) is 1. The normalized spacial score (nSPS) is 35.1. The molecule has 1 aliphatic heterocycles. The van der Waals surface area contributed by atoms with Crippen molar-refractivity contribution in [1.82, 2.24) is 9.80 Å². The molecule has 3 unspecified atom stereocenters. The van der Waals surface area contributed by atoms with Crippen molar-refractivity contribution in [3.8, 4) is 0 Å². The van der Waals surface area contributed by atoms with Crippen molar-refractivity contribution in [3.05, 3.63) is 0 Å². The molecule has 1 heterocycles. The number of aliphatic hydroxyl groups is 1. The summed E-state index contributed by atoms with van der Waals surface area (Å²) in [6, 6.07) is 0.411. The van der Waals surface area contributed by atoms with E-state index in [1.54, 1.807) is 0 Å². The zero-order valence-corrected chi connectivity index (χ0v) is 10.9. The van der Waals surface area contributed by atoms with E-state index in [1.165, 1.54) is 0 Å². The molecular formula is C13H24N2O2. The van der Waals surface area contributed by atoms with Crippen LogP contribution in [0.25, 0.3) is 0 Å². The predicted molar refractivity (Wildman–Crippen MR) is 66.9 cm³/mol. The van der Waals surface area contributed by atoms with Crippen molar-refractivity contribution in [2.24, 2.45) is 5.92 Å². The van der Waals surface area contributed by atoms with E-state index >= 15 is 0 Å². The Kier molecular flexibility index (Phi) is 4.17. The highest BCUT2D eigenvalue weighted by Crippen LogP contribution is 2.26. The van der Waals surface area contributed by atoms with Crippen molar-refractivity contribution < 1.29 is 9.90 Å². The van der Waals surface area contributed by atoms with Gasteiger partial charge >= 0.3 is 0 Å². The topological polar surface area (TPSA) is 43.8 Å². The number of carbonyl (C=O) groups is 1. The lowest BCUT2D eigenvalue weighted by atomic mass is 10.1. The van der Waals surface area contributed by atoms with Crippen molar-refractivity contribution in [2.75, 3.05) is 33.7 Å². The molecule has 2 fully saturated rings. The summed E-state index contributed by atoms with van der Waals surface area (Å²) in [4.78, 5) is 16.1. The summed E-state index contributed by atoms with van der Waals surface area (Å²) in [7, 11) is 4.12. The summed E-state index contributed by atoms with van der Waals surface area (Å²) in [5, 5.41) is 9.78. The fraction of sp³-hybridized carbons (Fsp3) is 0.923. The van der Waals surface area contributed by atoms with Gasteiger partial charge in [0.1, 0.15) is 5.78 Å². The largest absolute Gasteiger partial charge is 0.392 e. The van der Waals surface area contributed by atoms with E-state index in [0.717, 1.165) is 45.3 Å². The highest BCUT2D eigenvalue weighted by molar-refractivity contribution is 5.83. The van der Waals surface area contributed by atoms with Crippen molar-refractivity contribution in [1.29, 1.82) is 0 Å². The van der Waals surface area contributed by atoms with Crippen molar-refractivity contribution in [3.63, 3.8) is 0 Å². The molecule has 0 amide bonds. The average Bonchev–Trinajstić information content (AvgIpc) is 2.75. The summed E-state index contributed by atoms with van der Waals surface area (Å²) in [6.07, 6.45) is 3.49. The Bertz CT molecular complexity index is 281. The van der Waals surface area contributed by atoms with Crippen LogP contribution in [-0.4, -0.2) is 66.6 Å². The van der Waals surface area contributed by atoms with E-state index in [4.69, 9.17) is 0 Å². The summed E-state index contributed by atoms with van der Waals surface area (Å²) in [6.45, 7) is 2.56. The third-order valence-corrected chi connectivity index (χ3v) is 3.97. The van der Waals surface area contributed by atoms with Crippen LogP contribution in [0.2, 0.25) is 0 Å². The van der Waals surface area contributed by atoms with Gasteiger partial charge in [-0.05, 0) is 33.4 Å². The Hall–Kier alpha value is -0.450. The van der Waals surface area contributed by atoms with Gasteiger partial charge in [-0.25, -0.2) is 0 Å². The number of β-amino-alcohol motifs (C(OH)–C–C–N with tert-alkyl or cyclic N) is 1. The lowest BCUT2D eigenvalue weighted by Crippen LogP contribution is -2.40. The molecule has 4 heteroatoms. The summed E-state index contributed by atoms with van der Waals surface area (Å²) in [5.74, 6) is 0.653. The van der Waals surface area contributed by atoms with Crippen molar-refractivity contribution in [2.45, 2.75) is 37.8 Å². The monoisotopic (exact) mass is 240 g/mol. The van der Waals surface area contributed by atoms with Crippen LogP contribution >= 0.6 is 0 Å². The molecule has 0 spiro atoms. The van der Waals surface area contributed by atoms with Gasteiger partial charge in [-0.1, -0.05) is 0 Å². The van der Waals surface area contributed by atoms with Gasteiger partial charge in [-0.3, -0.25) is 9.69 Å². The molecule has 0 radical (unpaired) electrons. The van der Waals surface area contributed by atoms with Crippen LogP contribution in [0.3, 0.4) is 0 Å². The first-order valence-electron chi connectivity index (χ1n) is 6.66. The van der Waals surface area contributed by atoms with Crippen LogP contribution in [-0.2, 0) is 4.79 Å². The third kappa shape index (κ3) is 3.27. The smallest absolute Gasteiger partial charge is 0.137 e. The van der Waals surface area contributed by atoms with Gasteiger partial charge in [-0.15, -0.1) is 0 Å². The lowest BCUT2D eigenvalue weighted by Gasteiger charge is -2.28. The third-order valence-electron chi connectivity index (χ3n) is 3.97. The Labute approximate surface area is 104 Å². The van der Waals surface area contributed by atoms with Crippen molar-refractivity contribution >= 4 is 5.78 Å². The number of nitrogens with zero attached hydrogens (tertiary/aromatic N) is 2. The Morgan fingerprint density at radius 2 is 2.24 bits per heavy atom. The molecule has 1 saturated carbocycles. The highest BCUT2D eigenvalue weighted by atomic mass is 16.3. The van der Waals surface area contributed by atoms with Gasteiger partial charge in [0.05, 0.1) is 6.10 Å². The van der Waals surface area contributed by atoms with Gasteiger partial charge in [-0.2, -0.15) is 0 Å². The quantitative estimate of drug-likeness (QED) is 0.770. The number of aliphatic hydroxyl groups excluding tert-OH is 1. The molecule has 17 heavy (non-hydrogen) atoms. The van der Waals surface area contributed by atoms with E-state index in [9.17, 15) is 9.90 Å². The molecule has 0 aromatic heterocycles. The number of carbonyl (C=O) groups excluding carboxylic acids is 1. The maximum Gasteiger partial charge on any atom is 0.137 e.